The van der Waals surface area contributed by atoms with Crippen molar-refractivity contribution in [3.05, 3.63) is 0 Å². The van der Waals surface area contributed by atoms with Crippen LogP contribution in [0.3, 0.4) is 0 Å². The summed E-state index contributed by atoms with van der Waals surface area (Å²) in [5, 5.41) is 0. The lowest BCUT2D eigenvalue weighted by molar-refractivity contribution is -0.126. The third-order valence-electron chi connectivity index (χ3n) is 2.90. The first-order valence-electron chi connectivity index (χ1n) is 4.84. The number of hydrogen-bond acceptors (Lipinski definition) is 2. The molecule has 2 unspecified atom stereocenters. The van der Waals surface area contributed by atoms with E-state index in [1.807, 2.05) is 0 Å². The van der Waals surface area contributed by atoms with Crippen LogP contribution in [-0.4, -0.2) is 11.4 Å². The summed E-state index contributed by atoms with van der Waals surface area (Å²) in [5.74, 6) is 0.133. The van der Waals surface area contributed by atoms with Gasteiger partial charge in [0, 0.05) is 0 Å². The molecule has 0 aromatic rings. The Morgan fingerprint density at radius 1 is 1.38 bits per heavy atom. The van der Waals surface area contributed by atoms with E-state index >= 15 is 0 Å². The smallest absolute Gasteiger partial charge is 0.237 e. The zero-order chi connectivity index (χ0) is 10.3. The highest BCUT2D eigenvalue weighted by Gasteiger charge is 2.43. The molecule has 13 heavy (non-hydrogen) atoms. The van der Waals surface area contributed by atoms with Gasteiger partial charge in [-0.2, -0.15) is 0 Å². The Hall–Kier alpha value is -0.570. The van der Waals surface area contributed by atoms with Gasteiger partial charge in [0.05, 0.1) is 5.54 Å². The monoisotopic (exact) mass is 184 g/mol. The van der Waals surface area contributed by atoms with Gasteiger partial charge in [-0.3, -0.25) is 4.79 Å². The fraction of sp³-hybridized carbons (Fsp3) is 0.900. The van der Waals surface area contributed by atoms with E-state index < -0.39 is 5.54 Å². The van der Waals surface area contributed by atoms with Crippen LogP contribution in [0.4, 0.5) is 0 Å². The number of amides is 1. The molecule has 0 aliphatic heterocycles. The van der Waals surface area contributed by atoms with E-state index in [0.29, 0.717) is 12.3 Å². The molecule has 0 bridgehead atoms. The number of carbonyl (C=O) groups is 1. The van der Waals surface area contributed by atoms with Crippen LogP contribution in [0.1, 0.15) is 40.0 Å². The van der Waals surface area contributed by atoms with Gasteiger partial charge in [-0.05, 0) is 30.6 Å². The normalized spacial score (nSPS) is 38.6. The van der Waals surface area contributed by atoms with Gasteiger partial charge < -0.3 is 11.5 Å². The third-order valence-corrected chi connectivity index (χ3v) is 2.90. The van der Waals surface area contributed by atoms with Crippen LogP contribution in [0.5, 0.6) is 0 Å². The Morgan fingerprint density at radius 2 is 1.92 bits per heavy atom. The molecule has 0 aromatic heterocycles. The molecule has 1 aliphatic carbocycles. The molecule has 0 spiro atoms. The fourth-order valence-corrected chi connectivity index (χ4v) is 2.82. The van der Waals surface area contributed by atoms with Crippen LogP contribution >= 0.6 is 0 Å². The minimum Gasteiger partial charge on any atom is -0.368 e. The van der Waals surface area contributed by atoms with E-state index in [1.165, 1.54) is 0 Å². The maximum absolute atomic E-state index is 11.2. The van der Waals surface area contributed by atoms with Crippen molar-refractivity contribution in [2.24, 2.45) is 22.8 Å². The van der Waals surface area contributed by atoms with Gasteiger partial charge in [0.2, 0.25) is 5.91 Å². The standard InChI is InChI=1S/C10H20N2O/c1-7-4-9(2,3)6-10(12,5-7)8(11)13/h7H,4-6,12H2,1-3H3,(H2,11,13). The Kier molecular flexibility index (Phi) is 2.41. The Morgan fingerprint density at radius 3 is 2.31 bits per heavy atom. The second-order valence-electron chi connectivity index (χ2n) is 5.37. The van der Waals surface area contributed by atoms with Crippen molar-refractivity contribution in [1.82, 2.24) is 0 Å². The molecule has 2 atom stereocenters. The molecule has 3 heteroatoms. The summed E-state index contributed by atoms with van der Waals surface area (Å²) < 4.78 is 0. The number of nitrogens with two attached hydrogens (primary N) is 2. The largest absolute Gasteiger partial charge is 0.368 e. The van der Waals surface area contributed by atoms with Crippen molar-refractivity contribution in [3.63, 3.8) is 0 Å². The SMILES string of the molecule is CC1CC(C)(C)CC(N)(C(N)=O)C1. The molecule has 1 amide bonds. The average molecular weight is 184 g/mol. The van der Waals surface area contributed by atoms with E-state index in [4.69, 9.17) is 11.5 Å². The van der Waals surface area contributed by atoms with Crippen molar-refractivity contribution in [3.8, 4) is 0 Å². The first-order chi connectivity index (χ1) is 5.75. The average Bonchev–Trinajstić information content (AvgIpc) is 1.79. The van der Waals surface area contributed by atoms with Gasteiger partial charge in [-0.15, -0.1) is 0 Å². The molecule has 0 heterocycles. The van der Waals surface area contributed by atoms with Crippen LogP contribution < -0.4 is 11.5 Å². The van der Waals surface area contributed by atoms with E-state index in [2.05, 4.69) is 20.8 Å². The molecular formula is C10H20N2O. The molecule has 1 rings (SSSR count). The highest BCUT2D eigenvalue weighted by atomic mass is 16.1. The molecule has 0 radical (unpaired) electrons. The summed E-state index contributed by atoms with van der Waals surface area (Å²) in [7, 11) is 0. The Labute approximate surface area is 79.9 Å². The molecular weight excluding hydrogens is 164 g/mol. The lowest BCUT2D eigenvalue weighted by Gasteiger charge is -2.43. The Bertz CT molecular complexity index is 225. The zero-order valence-corrected chi connectivity index (χ0v) is 8.76. The highest BCUT2D eigenvalue weighted by Crippen LogP contribution is 2.42. The van der Waals surface area contributed by atoms with Gasteiger partial charge in [0.15, 0.2) is 0 Å². The first kappa shape index (κ1) is 10.5. The molecule has 1 fully saturated rings. The molecule has 1 saturated carbocycles. The Balaban J connectivity index is 2.84. The topological polar surface area (TPSA) is 69.1 Å². The predicted octanol–water partition coefficient (Wildman–Crippen LogP) is 1.02. The number of primary amides is 1. The summed E-state index contributed by atoms with van der Waals surface area (Å²) >= 11 is 0. The highest BCUT2D eigenvalue weighted by molar-refractivity contribution is 5.84. The summed E-state index contributed by atoms with van der Waals surface area (Å²) in [6.45, 7) is 6.42. The predicted molar refractivity (Wildman–Crippen MR) is 52.9 cm³/mol. The van der Waals surface area contributed by atoms with Crippen molar-refractivity contribution in [2.45, 2.75) is 45.6 Å². The number of hydrogen-bond donors (Lipinski definition) is 2. The van der Waals surface area contributed by atoms with Crippen molar-refractivity contribution in [1.29, 1.82) is 0 Å². The minimum atomic E-state index is -0.777. The summed E-state index contributed by atoms with van der Waals surface area (Å²) in [5.41, 5.74) is 10.7. The van der Waals surface area contributed by atoms with Crippen LogP contribution in [-0.2, 0) is 4.79 Å². The van der Waals surface area contributed by atoms with Crippen LogP contribution in [0, 0.1) is 11.3 Å². The van der Waals surface area contributed by atoms with E-state index in [0.717, 1.165) is 12.8 Å². The van der Waals surface area contributed by atoms with Crippen molar-refractivity contribution in [2.75, 3.05) is 0 Å². The minimum absolute atomic E-state index is 0.140. The summed E-state index contributed by atoms with van der Waals surface area (Å²) in [4.78, 5) is 11.2. The fourth-order valence-electron chi connectivity index (χ4n) is 2.82. The van der Waals surface area contributed by atoms with Gasteiger partial charge in [0.1, 0.15) is 0 Å². The molecule has 1 aliphatic rings. The van der Waals surface area contributed by atoms with Gasteiger partial charge >= 0.3 is 0 Å². The molecule has 3 nitrogen and oxygen atoms in total. The maximum atomic E-state index is 11.2. The first-order valence-corrected chi connectivity index (χ1v) is 4.84. The molecule has 76 valence electrons. The van der Waals surface area contributed by atoms with Crippen molar-refractivity contribution >= 4 is 5.91 Å². The lowest BCUT2D eigenvalue weighted by atomic mass is 9.64. The molecule has 0 aromatic carbocycles. The third kappa shape index (κ3) is 2.21. The number of carbonyl (C=O) groups excluding carboxylic acids is 1. The van der Waals surface area contributed by atoms with E-state index in [9.17, 15) is 4.79 Å². The van der Waals surface area contributed by atoms with Gasteiger partial charge in [0.25, 0.3) is 0 Å². The van der Waals surface area contributed by atoms with E-state index in [-0.39, 0.29) is 11.3 Å². The van der Waals surface area contributed by atoms with Crippen LogP contribution in [0.2, 0.25) is 0 Å². The van der Waals surface area contributed by atoms with Gasteiger partial charge in [-0.1, -0.05) is 20.8 Å². The van der Waals surface area contributed by atoms with Gasteiger partial charge in [-0.25, -0.2) is 0 Å². The molecule has 4 N–H and O–H groups in total. The second kappa shape index (κ2) is 2.98. The van der Waals surface area contributed by atoms with E-state index in [1.54, 1.807) is 0 Å². The molecule has 0 saturated heterocycles. The quantitative estimate of drug-likeness (QED) is 0.638. The zero-order valence-electron chi connectivity index (χ0n) is 8.76. The summed E-state index contributed by atoms with van der Waals surface area (Å²) in [6.07, 6.45) is 2.56. The summed E-state index contributed by atoms with van der Waals surface area (Å²) in [6, 6.07) is 0. The maximum Gasteiger partial charge on any atom is 0.237 e. The van der Waals surface area contributed by atoms with Crippen LogP contribution in [0.25, 0.3) is 0 Å². The number of rotatable bonds is 1. The van der Waals surface area contributed by atoms with Crippen molar-refractivity contribution < 1.29 is 4.79 Å². The van der Waals surface area contributed by atoms with Crippen LogP contribution in [0.15, 0.2) is 0 Å². The lowest BCUT2D eigenvalue weighted by Crippen LogP contribution is -2.57. The second-order valence-corrected chi connectivity index (χ2v) is 5.37.